The number of nitrogens with two attached hydrogens (primary N) is 1. The monoisotopic (exact) mass is 380 g/mol. The molecule has 0 aliphatic heterocycles. The smallest absolute Gasteiger partial charge is 0.252 e. The van der Waals surface area contributed by atoms with Gasteiger partial charge in [0, 0.05) is 36.8 Å². The van der Waals surface area contributed by atoms with E-state index in [-0.39, 0.29) is 12.0 Å². The van der Waals surface area contributed by atoms with Crippen molar-refractivity contribution in [2.45, 2.75) is 26.3 Å². The minimum absolute atomic E-state index is 0.284. The third kappa shape index (κ3) is 5.34. The molecule has 1 heterocycles. The maximum Gasteiger partial charge on any atom is 0.252 e. The minimum Gasteiger partial charge on any atom is -0.495 e. The van der Waals surface area contributed by atoms with Crippen molar-refractivity contribution < 1.29 is 14.3 Å². The average molecular weight is 381 g/mol. The number of halogens is 1. The van der Waals surface area contributed by atoms with Crippen molar-refractivity contribution in [3.05, 3.63) is 57.5 Å². The third-order valence-electron chi connectivity index (χ3n) is 3.83. The summed E-state index contributed by atoms with van der Waals surface area (Å²) in [7, 11) is 3.00. The van der Waals surface area contributed by atoms with Crippen LogP contribution in [0.2, 0.25) is 0 Å². The number of allylic oxidation sites excluding steroid dienone is 5. The molecular formula is C19H25ClN2O4. The van der Waals surface area contributed by atoms with Gasteiger partial charge in [-0.15, -0.1) is 0 Å². The molecule has 0 radical (unpaired) electrons. The van der Waals surface area contributed by atoms with Crippen molar-refractivity contribution in [2.24, 2.45) is 5.73 Å². The molecule has 0 spiro atoms. The van der Waals surface area contributed by atoms with Crippen molar-refractivity contribution >= 4 is 23.1 Å². The molecule has 1 aromatic heterocycles. The fourth-order valence-electron chi connectivity index (χ4n) is 2.48. The maximum atomic E-state index is 12.7. The molecule has 0 fully saturated rings. The predicted molar refractivity (Wildman–Crippen MR) is 104 cm³/mol. The van der Waals surface area contributed by atoms with Crippen molar-refractivity contribution in [2.75, 3.05) is 20.8 Å². The molecule has 0 bridgehead atoms. The van der Waals surface area contributed by atoms with E-state index in [9.17, 15) is 9.59 Å². The number of carbonyl (C=O) groups is 1. The van der Waals surface area contributed by atoms with Gasteiger partial charge in [-0.2, -0.15) is 0 Å². The number of rotatable bonds is 9. The van der Waals surface area contributed by atoms with Crippen LogP contribution in [0.3, 0.4) is 0 Å². The Bertz CT molecular complexity index is 789. The Morgan fingerprint density at radius 2 is 2.08 bits per heavy atom. The van der Waals surface area contributed by atoms with E-state index >= 15 is 0 Å². The highest BCUT2D eigenvalue weighted by Crippen LogP contribution is 2.30. The van der Waals surface area contributed by atoms with Gasteiger partial charge in [0.25, 0.3) is 5.56 Å². The van der Waals surface area contributed by atoms with Crippen LogP contribution in [0.5, 0.6) is 5.75 Å². The van der Waals surface area contributed by atoms with Gasteiger partial charge in [-0.3, -0.25) is 14.2 Å². The van der Waals surface area contributed by atoms with Crippen LogP contribution < -0.4 is 16.0 Å². The van der Waals surface area contributed by atoms with Gasteiger partial charge in [-0.25, -0.2) is 0 Å². The van der Waals surface area contributed by atoms with Crippen LogP contribution in [0.4, 0.5) is 0 Å². The quantitative estimate of drug-likeness (QED) is 0.667. The van der Waals surface area contributed by atoms with Crippen molar-refractivity contribution in [1.82, 2.24) is 4.57 Å². The van der Waals surface area contributed by atoms with Gasteiger partial charge in [-0.1, -0.05) is 29.8 Å². The van der Waals surface area contributed by atoms with Gasteiger partial charge in [0.05, 0.1) is 13.3 Å². The Hall–Kier alpha value is -2.31. The summed E-state index contributed by atoms with van der Waals surface area (Å²) in [6.45, 7) is 7.72. The van der Waals surface area contributed by atoms with Crippen LogP contribution in [0, 0.1) is 0 Å². The number of aromatic nitrogens is 1. The lowest BCUT2D eigenvalue weighted by Crippen LogP contribution is -2.34. The number of ether oxygens (including phenoxy) is 2. The highest BCUT2D eigenvalue weighted by atomic mass is 35.5. The zero-order chi connectivity index (χ0) is 19.9. The Kier molecular flexibility index (Phi) is 8.35. The molecule has 2 N–H and O–H groups in total. The number of methoxy groups -OCH3 is 2. The van der Waals surface area contributed by atoms with Gasteiger partial charge in [0.1, 0.15) is 11.8 Å². The largest absolute Gasteiger partial charge is 0.495 e. The molecule has 0 saturated heterocycles. The summed E-state index contributed by atoms with van der Waals surface area (Å²) >= 11 is 6.08. The molecule has 1 aromatic rings. The zero-order valence-electron chi connectivity index (χ0n) is 15.5. The van der Waals surface area contributed by atoms with E-state index in [0.717, 1.165) is 11.1 Å². The summed E-state index contributed by atoms with van der Waals surface area (Å²) < 4.78 is 11.7. The van der Waals surface area contributed by atoms with E-state index in [1.807, 2.05) is 13.8 Å². The van der Waals surface area contributed by atoms with E-state index in [0.29, 0.717) is 23.0 Å². The molecule has 0 aliphatic carbocycles. The zero-order valence-corrected chi connectivity index (χ0v) is 16.3. The molecule has 142 valence electrons. The summed E-state index contributed by atoms with van der Waals surface area (Å²) in [5.74, 6) is -0.190. The number of hydrogen-bond acceptors (Lipinski definition) is 4. The SMILES string of the molecule is C=C/C(Cl)=C\C(=C(C)C)c1cc(=O)n(C(CCOC)C(N)=O)cc1OC. The molecule has 1 rings (SSSR count). The highest BCUT2D eigenvalue weighted by molar-refractivity contribution is 6.31. The third-order valence-corrected chi connectivity index (χ3v) is 4.09. The Labute approximate surface area is 158 Å². The van der Waals surface area contributed by atoms with E-state index in [1.165, 1.54) is 37.1 Å². The van der Waals surface area contributed by atoms with E-state index in [1.54, 1.807) is 6.08 Å². The first-order valence-electron chi connectivity index (χ1n) is 8.02. The molecular weight excluding hydrogens is 356 g/mol. The van der Waals surface area contributed by atoms with Gasteiger partial charge in [0.15, 0.2) is 0 Å². The second-order valence-electron chi connectivity index (χ2n) is 5.85. The van der Waals surface area contributed by atoms with Gasteiger partial charge >= 0.3 is 0 Å². The van der Waals surface area contributed by atoms with Crippen LogP contribution >= 0.6 is 11.6 Å². The van der Waals surface area contributed by atoms with Crippen LogP contribution in [-0.2, 0) is 9.53 Å². The van der Waals surface area contributed by atoms with Crippen molar-refractivity contribution in [3.8, 4) is 5.75 Å². The first-order valence-corrected chi connectivity index (χ1v) is 8.40. The lowest BCUT2D eigenvalue weighted by Gasteiger charge is -2.19. The number of hydrogen-bond donors (Lipinski definition) is 1. The fraction of sp³-hybridized carbons (Fsp3) is 0.368. The second-order valence-corrected chi connectivity index (χ2v) is 6.28. The number of pyridine rings is 1. The van der Waals surface area contributed by atoms with Crippen molar-refractivity contribution in [1.29, 1.82) is 0 Å². The summed E-state index contributed by atoms with van der Waals surface area (Å²) in [5, 5.41) is 0.433. The fourth-order valence-corrected chi connectivity index (χ4v) is 2.59. The number of nitrogens with zero attached hydrogens (tertiary/aromatic N) is 1. The van der Waals surface area contributed by atoms with Crippen LogP contribution in [0.1, 0.15) is 31.9 Å². The van der Waals surface area contributed by atoms with E-state index in [2.05, 4.69) is 6.58 Å². The Morgan fingerprint density at radius 1 is 1.42 bits per heavy atom. The Morgan fingerprint density at radius 3 is 2.54 bits per heavy atom. The summed E-state index contributed by atoms with van der Waals surface area (Å²) in [6.07, 6.45) is 4.99. The summed E-state index contributed by atoms with van der Waals surface area (Å²) in [5.41, 5.74) is 7.33. The molecule has 0 saturated carbocycles. The normalized spacial score (nSPS) is 12.4. The molecule has 0 aromatic carbocycles. The van der Waals surface area contributed by atoms with Gasteiger partial charge in [0.2, 0.25) is 5.91 Å². The first-order chi connectivity index (χ1) is 12.3. The van der Waals surface area contributed by atoms with Crippen LogP contribution in [-0.4, -0.2) is 31.3 Å². The van der Waals surface area contributed by atoms with Gasteiger partial charge < -0.3 is 15.2 Å². The molecule has 0 aliphatic rings. The lowest BCUT2D eigenvalue weighted by atomic mass is 10.0. The second kappa shape index (κ2) is 9.99. The maximum absolute atomic E-state index is 12.7. The lowest BCUT2D eigenvalue weighted by molar-refractivity contribution is -0.121. The van der Waals surface area contributed by atoms with E-state index < -0.39 is 11.9 Å². The Balaban J connectivity index is 3.59. The highest BCUT2D eigenvalue weighted by Gasteiger charge is 2.21. The summed E-state index contributed by atoms with van der Waals surface area (Å²) in [6, 6.07) is 0.584. The molecule has 7 heteroatoms. The van der Waals surface area contributed by atoms with E-state index in [4.69, 9.17) is 26.8 Å². The van der Waals surface area contributed by atoms with Crippen LogP contribution in [0.25, 0.3) is 5.57 Å². The molecule has 1 atom stereocenters. The summed E-state index contributed by atoms with van der Waals surface area (Å²) in [4.78, 5) is 24.4. The molecule has 6 nitrogen and oxygen atoms in total. The number of amides is 1. The molecule has 1 amide bonds. The molecule has 1 unspecified atom stereocenters. The van der Waals surface area contributed by atoms with Crippen LogP contribution in [0.15, 0.2) is 46.4 Å². The topological polar surface area (TPSA) is 83.5 Å². The first kappa shape index (κ1) is 21.7. The number of carbonyl (C=O) groups excluding carboxylic acids is 1. The predicted octanol–water partition coefficient (Wildman–Crippen LogP) is 3.02. The van der Waals surface area contributed by atoms with Crippen molar-refractivity contribution in [3.63, 3.8) is 0 Å². The number of primary amides is 1. The standard InChI is InChI=1S/C19H25ClN2O4/c1-6-13(20)9-14(12(2)3)15-10-18(23)22(11-17(15)26-5)16(19(21)24)7-8-25-4/h6,9-11,16H,1,7-8H2,2-5H3,(H2,21,24)/b13-9+. The minimum atomic E-state index is -0.826. The average Bonchev–Trinajstić information content (AvgIpc) is 2.60. The molecule has 26 heavy (non-hydrogen) atoms. The van der Waals surface area contributed by atoms with Gasteiger partial charge in [-0.05, 0) is 25.5 Å².